The average Bonchev–Trinajstić information content (AvgIpc) is 2.54. The molecule has 1 nitrogen and oxygen atoms in total. The van der Waals surface area contributed by atoms with Crippen molar-refractivity contribution < 1.29 is 0 Å². The van der Waals surface area contributed by atoms with Crippen LogP contribution in [0.2, 0.25) is 0 Å². The molecule has 3 aromatic rings. The van der Waals surface area contributed by atoms with E-state index in [1.807, 2.05) is 26.1 Å². The van der Waals surface area contributed by atoms with Crippen LogP contribution in [0.1, 0.15) is 40.9 Å². The summed E-state index contributed by atoms with van der Waals surface area (Å²) in [5.41, 5.74) is 7.63. The van der Waals surface area contributed by atoms with Crippen LogP contribution in [0.4, 0.5) is 0 Å². The number of hydrogen-bond donors (Lipinski definition) is 0. The third-order valence-electron chi connectivity index (χ3n) is 3.45. The second-order valence-electron chi connectivity index (χ2n) is 6.29. The van der Waals surface area contributed by atoms with Gasteiger partial charge in [-0.1, -0.05) is 84.3 Å². The summed E-state index contributed by atoms with van der Waals surface area (Å²) in [6, 6.07) is 21.0. The van der Waals surface area contributed by atoms with Crippen molar-refractivity contribution >= 4 is 0 Å². The molecule has 0 atom stereocenters. The van der Waals surface area contributed by atoms with Crippen molar-refractivity contribution in [2.45, 2.75) is 49.0 Å². The molecule has 0 aliphatic carbocycles. The van der Waals surface area contributed by atoms with E-state index in [1.54, 1.807) is 0 Å². The number of rotatable bonds is 0. The Morgan fingerprint density at radius 3 is 1.24 bits per heavy atom. The Morgan fingerprint density at radius 1 is 0.520 bits per heavy atom. The molecular formula is C24H33N. The highest BCUT2D eigenvalue weighted by Crippen LogP contribution is 2.00. The molecule has 0 N–H and O–H groups in total. The lowest BCUT2D eigenvalue weighted by molar-refractivity contribution is 1.17. The Balaban J connectivity index is 0.000000339. The minimum atomic E-state index is 0. The highest BCUT2D eigenvalue weighted by atomic mass is 14.6. The molecule has 0 fully saturated rings. The van der Waals surface area contributed by atoms with Crippen molar-refractivity contribution in [1.82, 2.24) is 4.98 Å². The van der Waals surface area contributed by atoms with Crippen molar-refractivity contribution in [2.24, 2.45) is 0 Å². The van der Waals surface area contributed by atoms with E-state index in [0.717, 1.165) is 5.69 Å². The zero-order chi connectivity index (χ0) is 17.9. The SMILES string of the molecule is C.Cc1ccc(C)cc1.Cc1ccc(C)nc1.Cc1cccc(C)c1. The van der Waals surface area contributed by atoms with Gasteiger partial charge in [-0.25, -0.2) is 0 Å². The van der Waals surface area contributed by atoms with Crippen molar-refractivity contribution in [3.05, 3.63) is 100 Å². The van der Waals surface area contributed by atoms with Crippen molar-refractivity contribution in [3.63, 3.8) is 0 Å². The van der Waals surface area contributed by atoms with Crippen LogP contribution in [0.5, 0.6) is 0 Å². The topological polar surface area (TPSA) is 12.9 Å². The van der Waals surface area contributed by atoms with Gasteiger partial charge in [-0.3, -0.25) is 4.98 Å². The molecule has 1 heterocycles. The molecule has 3 rings (SSSR count). The highest BCUT2D eigenvalue weighted by Gasteiger charge is 1.82. The maximum atomic E-state index is 4.08. The van der Waals surface area contributed by atoms with Gasteiger partial charge < -0.3 is 0 Å². The molecule has 1 heteroatoms. The van der Waals surface area contributed by atoms with Crippen LogP contribution in [0.3, 0.4) is 0 Å². The highest BCUT2D eigenvalue weighted by molar-refractivity contribution is 5.20. The van der Waals surface area contributed by atoms with Gasteiger partial charge in [0.1, 0.15) is 0 Å². The molecule has 0 saturated carbocycles. The second-order valence-corrected chi connectivity index (χ2v) is 6.29. The van der Waals surface area contributed by atoms with Crippen molar-refractivity contribution in [3.8, 4) is 0 Å². The Morgan fingerprint density at radius 2 is 0.960 bits per heavy atom. The quantitative estimate of drug-likeness (QED) is 0.433. The molecule has 0 aliphatic heterocycles. The van der Waals surface area contributed by atoms with Gasteiger partial charge in [0.05, 0.1) is 0 Å². The molecule has 25 heavy (non-hydrogen) atoms. The van der Waals surface area contributed by atoms with E-state index in [0.29, 0.717) is 0 Å². The van der Waals surface area contributed by atoms with Gasteiger partial charge in [0.2, 0.25) is 0 Å². The first-order valence-electron chi connectivity index (χ1n) is 8.32. The van der Waals surface area contributed by atoms with E-state index in [1.165, 1.54) is 27.8 Å². The van der Waals surface area contributed by atoms with E-state index in [9.17, 15) is 0 Å². The molecule has 0 aliphatic rings. The maximum absolute atomic E-state index is 4.08. The summed E-state index contributed by atoms with van der Waals surface area (Å²) < 4.78 is 0. The van der Waals surface area contributed by atoms with Crippen LogP contribution in [0.25, 0.3) is 0 Å². The second kappa shape index (κ2) is 12.0. The monoisotopic (exact) mass is 335 g/mol. The van der Waals surface area contributed by atoms with Crippen LogP contribution in [0.15, 0.2) is 66.9 Å². The average molecular weight is 336 g/mol. The van der Waals surface area contributed by atoms with Crippen LogP contribution in [0, 0.1) is 41.5 Å². The Bertz CT molecular complexity index is 607. The lowest BCUT2D eigenvalue weighted by Crippen LogP contribution is -1.78. The first-order valence-corrected chi connectivity index (χ1v) is 8.32. The van der Waals surface area contributed by atoms with E-state index in [4.69, 9.17) is 0 Å². The lowest BCUT2D eigenvalue weighted by Gasteiger charge is -1.90. The first-order chi connectivity index (χ1) is 11.4. The van der Waals surface area contributed by atoms with E-state index < -0.39 is 0 Å². The summed E-state index contributed by atoms with van der Waals surface area (Å²) in [4.78, 5) is 4.08. The van der Waals surface area contributed by atoms with Gasteiger partial charge in [-0.2, -0.15) is 0 Å². The van der Waals surface area contributed by atoms with Gasteiger partial charge in [0.15, 0.2) is 0 Å². The summed E-state index contributed by atoms with van der Waals surface area (Å²) in [7, 11) is 0. The normalized spacial score (nSPS) is 8.88. The molecule has 0 amide bonds. The predicted molar refractivity (Wildman–Crippen MR) is 112 cm³/mol. The fraction of sp³-hybridized carbons (Fsp3) is 0.292. The molecule has 0 spiro atoms. The van der Waals surface area contributed by atoms with Gasteiger partial charge in [-0.05, 0) is 53.2 Å². The maximum Gasteiger partial charge on any atom is 0.0372 e. The van der Waals surface area contributed by atoms with Crippen LogP contribution >= 0.6 is 0 Å². The molecule has 0 radical (unpaired) electrons. The summed E-state index contributed by atoms with van der Waals surface area (Å²) in [6.45, 7) is 12.4. The van der Waals surface area contributed by atoms with Crippen LogP contribution in [-0.4, -0.2) is 4.98 Å². The smallest absolute Gasteiger partial charge is 0.0372 e. The standard InChI is InChI=1S/2C8H10.C7H9N.CH4/c1-7-3-5-8(2)6-4-7;1-7-4-3-5-8(2)6-7;1-6-3-4-7(2)8-5-6;/h2*3-6H,1-2H3;3-5H,1-2H3;1H4. The Labute approximate surface area is 154 Å². The molecule has 0 saturated heterocycles. The molecule has 0 unspecified atom stereocenters. The zero-order valence-corrected chi connectivity index (χ0v) is 15.8. The van der Waals surface area contributed by atoms with E-state index >= 15 is 0 Å². The third-order valence-corrected chi connectivity index (χ3v) is 3.45. The Hall–Kier alpha value is -2.41. The first kappa shape index (κ1) is 22.6. The van der Waals surface area contributed by atoms with Gasteiger partial charge in [0.25, 0.3) is 0 Å². The number of pyridine rings is 1. The number of benzene rings is 2. The number of hydrogen-bond acceptors (Lipinski definition) is 1. The number of aryl methyl sites for hydroxylation is 6. The number of nitrogens with zero attached hydrogens (tertiary/aromatic N) is 1. The van der Waals surface area contributed by atoms with Crippen molar-refractivity contribution in [1.29, 1.82) is 0 Å². The predicted octanol–water partition coefficient (Wildman–Crippen LogP) is 6.94. The summed E-state index contributed by atoms with van der Waals surface area (Å²) >= 11 is 0. The van der Waals surface area contributed by atoms with Gasteiger partial charge >= 0.3 is 0 Å². The number of aromatic nitrogens is 1. The fourth-order valence-corrected chi connectivity index (χ4v) is 1.99. The molecule has 2 aromatic carbocycles. The molecule has 134 valence electrons. The summed E-state index contributed by atoms with van der Waals surface area (Å²) in [5.74, 6) is 0. The summed E-state index contributed by atoms with van der Waals surface area (Å²) in [6.07, 6.45) is 1.87. The van der Waals surface area contributed by atoms with E-state index in [2.05, 4.69) is 87.3 Å². The fourth-order valence-electron chi connectivity index (χ4n) is 1.99. The molecular weight excluding hydrogens is 302 g/mol. The molecule has 0 bridgehead atoms. The minimum Gasteiger partial charge on any atom is -0.261 e. The summed E-state index contributed by atoms with van der Waals surface area (Å²) in [5, 5.41) is 0. The van der Waals surface area contributed by atoms with Gasteiger partial charge in [0, 0.05) is 11.9 Å². The van der Waals surface area contributed by atoms with Crippen molar-refractivity contribution in [2.75, 3.05) is 0 Å². The van der Waals surface area contributed by atoms with Gasteiger partial charge in [-0.15, -0.1) is 0 Å². The van der Waals surface area contributed by atoms with Crippen LogP contribution in [-0.2, 0) is 0 Å². The Kier molecular flexibility index (Phi) is 10.9. The zero-order valence-electron chi connectivity index (χ0n) is 15.8. The van der Waals surface area contributed by atoms with E-state index in [-0.39, 0.29) is 7.43 Å². The lowest BCUT2D eigenvalue weighted by atomic mass is 10.2. The minimum absolute atomic E-state index is 0. The largest absolute Gasteiger partial charge is 0.261 e. The third kappa shape index (κ3) is 10.9. The van der Waals surface area contributed by atoms with Crippen LogP contribution < -0.4 is 0 Å². The molecule has 1 aromatic heterocycles.